The summed E-state index contributed by atoms with van der Waals surface area (Å²) < 4.78 is 13.3. The lowest BCUT2D eigenvalue weighted by Gasteiger charge is -2.08. The molecule has 7 heteroatoms. The van der Waals surface area contributed by atoms with Crippen LogP contribution in [0.25, 0.3) is 10.6 Å². The predicted octanol–water partition coefficient (Wildman–Crippen LogP) is 5.21. The minimum atomic E-state index is -0.442. The molecule has 3 aromatic carbocycles. The topological polar surface area (TPSA) is 66.9 Å². The molecule has 0 aliphatic carbocycles. The van der Waals surface area contributed by atoms with E-state index in [1.54, 1.807) is 12.1 Å². The highest BCUT2D eigenvalue weighted by molar-refractivity contribution is 7.18. The number of hydrogen-bond donors (Lipinski definition) is 2. The molecule has 1 amide bonds. The summed E-state index contributed by atoms with van der Waals surface area (Å²) >= 11 is 1.48. The lowest BCUT2D eigenvalue weighted by Crippen LogP contribution is -2.12. The molecule has 0 bridgehead atoms. The minimum Gasteiger partial charge on any atom is -0.356 e. The first-order chi connectivity index (χ1) is 14.2. The van der Waals surface area contributed by atoms with Crippen LogP contribution in [0, 0.1) is 5.82 Å². The second-order valence-corrected chi connectivity index (χ2v) is 7.27. The standard InChI is InChI=1S/C22H17FN4OS/c23-18-10-5-9-17(13-18)20(28)25-19-11-4-6-15(12-19)14-24-22-27-26-21(29-22)16-7-2-1-3-8-16/h1-13H,14H2,(H,24,27)(H,25,28). The number of nitrogens with zero attached hydrogens (tertiary/aromatic N) is 2. The maximum atomic E-state index is 13.3. The maximum absolute atomic E-state index is 13.3. The predicted molar refractivity (Wildman–Crippen MR) is 113 cm³/mol. The number of anilines is 2. The van der Waals surface area contributed by atoms with E-state index in [-0.39, 0.29) is 11.5 Å². The Morgan fingerprint density at radius 1 is 0.931 bits per heavy atom. The number of carbonyl (C=O) groups excluding carboxylic acids is 1. The molecular formula is C22H17FN4OS. The Balaban J connectivity index is 1.39. The molecule has 0 spiro atoms. The van der Waals surface area contributed by atoms with E-state index in [1.807, 2.05) is 48.5 Å². The van der Waals surface area contributed by atoms with Crippen LogP contribution < -0.4 is 10.6 Å². The van der Waals surface area contributed by atoms with Gasteiger partial charge in [-0.3, -0.25) is 4.79 Å². The van der Waals surface area contributed by atoms with Crippen LogP contribution >= 0.6 is 11.3 Å². The van der Waals surface area contributed by atoms with Gasteiger partial charge in [0.05, 0.1) is 0 Å². The van der Waals surface area contributed by atoms with E-state index in [0.29, 0.717) is 12.2 Å². The number of rotatable bonds is 6. The van der Waals surface area contributed by atoms with Gasteiger partial charge in [-0.05, 0) is 35.9 Å². The van der Waals surface area contributed by atoms with Crippen LogP contribution in [0.5, 0.6) is 0 Å². The molecule has 29 heavy (non-hydrogen) atoms. The number of aromatic nitrogens is 2. The fraction of sp³-hybridized carbons (Fsp3) is 0.0455. The first kappa shape index (κ1) is 18.8. The highest BCUT2D eigenvalue weighted by atomic mass is 32.1. The molecule has 5 nitrogen and oxygen atoms in total. The van der Waals surface area contributed by atoms with Crippen LogP contribution in [0.3, 0.4) is 0 Å². The largest absolute Gasteiger partial charge is 0.356 e. The average molecular weight is 404 g/mol. The van der Waals surface area contributed by atoms with E-state index in [1.165, 1.54) is 29.5 Å². The monoisotopic (exact) mass is 404 g/mol. The normalized spacial score (nSPS) is 10.5. The van der Waals surface area contributed by atoms with Crippen molar-refractivity contribution < 1.29 is 9.18 Å². The third-order valence-electron chi connectivity index (χ3n) is 4.16. The zero-order valence-corrected chi connectivity index (χ0v) is 16.1. The summed E-state index contributed by atoms with van der Waals surface area (Å²) in [5.74, 6) is -0.797. The summed E-state index contributed by atoms with van der Waals surface area (Å²) in [6.07, 6.45) is 0. The van der Waals surface area contributed by atoms with E-state index in [4.69, 9.17) is 0 Å². The Morgan fingerprint density at radius 2 is 1.76 bits per heavy atom. The first-order valence-electron chi connectivity index (χ1n) is 8.96. The van der Waals surface area contributed by atoms with Crippen LogP contribution in [-0.2, 0) is 6.54 Å². The van der Waals surface area contributed by atoms with Gasteiger partial charge in [-0.15, -0.1) is 10.2 Å². The van der Waals surface area contributed by atoms with Gasteiger partial charge in [-0.25, -0.2) is 4.39 Å². The molecular weight excluding hydrogens is 387 g/mol. The quantitative estimate of drug-likeness (QED) is 0.463. The number of benzene rings is 3. The van der Waals surface area contributed by atoms with Crippen molar-refractivity contribution in [2.75, 3.05) is 10.6 Å². The molecule has 0 unspecified atom stereocenters. The molecule has 4 rings (SSSR count). The highest BCUT2D eigenvalue weighted by Gasteiger charge is 2.08. The summed E-state index contributed by atoms with van der Waals surface area (Å²) in [6.45, 7) is 0.535. The number of hydrogen-bond acceptors (Lipinski definition) is 5. The van der Waals surface area contributed by atoms with Crippen LogP contribution in [-0.4, -0.2) is 16.1 Å². The van der Waals surface area contributed by atoms with Gasteiger partial charge in [-0.1, -0.05) is 59.9 Å². The molecule has 0 saturated carbocycles. The van der Waals surface area contributed by atoms with Crippen molar-refractivity contribution >= 4 is 28.1 Å². The molecule has 1 aromatic heterocycles. The molecule has 0 radical (unpaired) electrons. The minimum absolute atomic E-state index is 0.274. The number of carbonyl (C=O) groups is 1. The summed E-state index contributed by atoms with van der Waals surface area (Å²) in [4.78, 5) is 12.3. The Labute approximate surface area is 171 Å². The fourth-order valence-corrected chi connectivity index (χ4v) is 3.51. The average Bonchev–Trinajstić information content (AvgIpc) is 3.22. The summed E-state index contributed by atoms with van der Waals surface area (Å²) in [5, 5.41) is 16.0. The van der Waals surface area contributed by atoms with E-state index < -0.39 is 5.82 Å². The maximum Gasteiger partial charge on any atom is 0.255 e. The number of nitrogens with one attached hydrogen (secondary N) is 2. The third-order valence-corrected chi connectivity index (χ3v) is 5.09. The van der Waals surface area contributed by atoms with E-state index >= 15 is 0 Å². The lowest BCUT2D eigenvalue weighted by atomic mass is 10.1. The molecule has 2 N–H and O–H groups in total. The van der Waals surface area contributed by atoms with Crippen LogP contribution in [0.1, 0.15) is 15.9 Å². The summed E-state index contributed by atoms with van der Waals surface area (Å²) in [6, 6.07) is 22.9. The van der Waals surface area contributed by atoms with Gasteiger partial charge in [-0.2, -0.15) is 0 Å². The molecule has 4 aromatic rings. The smallest absolute Gasteiger partial charge is 0.255 e. The third kappa shape index (κ3) is 4.83. The zero-order valence-electron chi connectivity index (χ0n) is 15.3. The van der Waals surface area contributed by atoms with E-state index in [2.05, 4.69) is 20.8 Å². The van der Waals surface area contributed by atoms with Crippen molar-refractivity contribution in [3.05, 3.63) is 95.8 Å². The molecule has 144 valence electrons. The summed E-state index contributed by atoms with van der Waals surface area (Å²) in [7, 11) is 0. The summed E-state index contributed by atoms with van der Waals surface area (Å²) in [5.41, 5.74) is 2.91. The van der Waals surface area contributed by atoms with E-state index in [9.17, 15) is 9.18 Å². The van der Waals surface area contributed by atoms with Gasteiger partial charge < -0.3 is 10.6 Å². The Morgan fingerprint density at radius 3 is 2.59 bits per heavy atom. The second kappa shape index (κ2) is 8.62. The van der Waals surface area contributed by atoms with Crippen molar-refractivity contribution in [1.82, 2.24) is 10.2 Å². The Bertz CT molecular complexity index is 1130. The molecule has 1 heterocycles. The van der Waals surface area contributed by atoms with Crippen LogP contribution in [0.2, 0.25) is 0 Å². The van der Waals surface area contributed by atoms with Crippen molar-refractivity contribution in [3.63, 3.8) is 0 Å². The number of amides is 1. The Kier molecular flexibility index (Phi) is 5.58. The number of halogens is 1. The first-order valence-corrected chi connectivity index (χ1v) is 9.78. The molecule has 0 atom stereocenters. The SMILES string of the molecule is O=C(Nc1cccc(CNc2nnc(-c3ccccc3)s2)c1)c1cccc(F)c1. The molecule has 0 fully saturated rings. The highest BCUT2D eigenvalue weighted by Crippen LogP contribution is 2.26. The van der Waals surface area contributed by atoms with Gasteiger partial charge in [0.1, 0.15) is 10.8 Å². The lowest BCUT2D eigenvalue weighted by molar-refractivity contribution is 0.102. The van der Waals surface area contributed by atoms with Crippen molar-refractivity contribution in [2.45, 2.75) is 6.54 Å². The Hall–Kier alpha value is -3.58. The van der Waals surface area contributed by atoms with Crippen molar-refractivity contribution in [2.24, 2.45) is 0 Å². The van der Waals surface area contributed by atoms with E-state index in [0.717, 1.165) is 21.3 Å². The van der Waals surface area contributed by atoms with Gasteiger partial charge in [0.2, 0.25) is 5.13 Å². The van der Waals surface area contributed by atoms with Gasteiger partial charge in [0.15, 0.2) is 0 Å². The van der Waals surface area contributed by atoms with Gasteiger partial charge >= 0.3 is 0 Å². The second-order valence-electron chi connectivity index (χ2n) is 6.30. The van der Waals surface area contributed by atoms with Crippen LogP contribution in [0.4, 0.5) is 15.2 Å². The zero-order chi connectivity index (χ0) is 20.1. The molecule has 0 aliphatic heterocycles. The fourth-order valence-electron chi connectivity index (χ4n) is 2.76. The molecule has 0 saturated heterocycles. The van der Waals surface area contributed by atoms with Crippen molar-refractivity contribution in [3.8, 4) is 10.6 Å². The van der Waals surface area contributed by atoms with Gasteiger partial charge in [0.25, 0.3) is 5.91 Å². The van der Waals surface area contributed by atoms with Crippen LogP contribution in [0.15, 0.2) is 78.9 Å². The van der Waals surface area contributed by atoms with Crippen molar-refractivity contribution in [1.29, 1.82) is 0 Å². The molecule has 0 aliphatic rings. The van der Waals surface area contributed by atoms with Gasteiger partial charge in [0, 0.05) is 23.4 Å².